The van der Waals surface area contributed by atoms with E-state index in [2.05, 4.69) is 5.32 Å². The number of halogens is 1. The molecular weight excluding hydrogens is 345 g/mol. The molecule has 1 saturated heterocycles. The van der Waals surface area contributed by atoms with E-state index in [-0.39, 0.29) is 17.1 Å². The van der Waals surface area contributed by atoms with Gasteiger partial charge in [0.2, 0.25) is 0 Å². The van der Waals surface area contributed by atoms with E-state index in [0.717, 1.165) is 35.1 Å². The maximum absolute atomic E-state index is 13.8. The Labute approximate surface area is 157 Å². The highest BCUT2D eigenvalue weighted by molar-refractivity contribution is 5.97. The van der Waals surface area contributed by atoms with Crippen molar-refractivity contribution in [3.63, 3.8) is 0 Å². The molecule has 2 heterocycles. The average Bonchev–Trinajstić information content (AvgIpc) is 3.06. The van der Waals surface area contributed by atoms with Crippen molar-refractivity contribution in [2.45, 2.75) is 25.2 Å². The van der Waals surface area contributed by atoms with Gasteiger partial charge in [0.05, 0.1) is 0 Å². The van der Waals surface area contributed by atoms with Crippen LogP contribution in [-0.4, -0.2) is 25.7 Å². The second-order valence-corrected chi connectivity index (χ2v) is 7.20. The number of benzene rings is 2. The predicted octanol–water partition coefficient (Wildman–Crippen LogP) is 4.36. The second-order valence-electron chi connectivity index (χ2n) is 7.20. The Morgan fingerprint density at radius 2 is 1.96 bits per heavy atom. The maximum atomic E-state index is 13.8. The summed E-state index contributed by atoms with van der Waals surface area (Å²) in [5.41, 5.74) is 1.95. The minimum Gasteiger partial charge on any atom is -0.461 e. The number of aryl methyl sites for hydroxylation is 1. The fourth-order valence-corrected chi connectivity index (χ4v) is 3.82. The molecule has 1 aromatic heterocycles. The zero-order valence-corrected chi connectivity index (χ0v) is 15.3. The van der Waals surface area contributed by atoms with Crippen LogP contribution in [0.2, 0.25) is 0 Å². The molecule has 0 bridgehead atoms. The summed E-state index contributed by atoms with van der Waals surface area (Å²) in [6, 6.07) is 14.0. The number of nitrogens with one attached hydrogen (secondary N) is 1. The lowest BCUT2D eigenvalue weighted by Crippen LogP contribution is -2.44. The van der Waals surface area contributed by atoms with Gasteiger partial charge in [-0.25, -0.2) is 4.39 Å². The van der Waals surface area contributed by atoms with Gasteiger partial charge in [-0.1, -0.05) is 12.1 Å². The summed E-state index contributed by atoms with van der Waals surface area (Å²) in [4.78, 5) is 12.7. The Kier molecular flexibility index (Phi) is 4.70. The molecule has 0 saturated carbocycles. The molecule has 0 atom stereocenters. The first-order chi connectivity index (χ1) is 13.1. The van der Waals surface area contributed by atoms with Gasteiger partial charge in [-0.15, -0.1) is 0 Å². The van der Waals surface area contributed by atoms with E-state index in [4.69, 9.17) is 9.15 Å². The zero-order chi connectivity index (χ0) is 18.9. The van der Waals surface area contributed by atoms with Gasteiger partial charge >= 0.3 is 0 Å². The summed E-state index contributed by atoms with van der Waals surface area (Å²) >= 11 is 0. The first-order valence-corrected chi connectivity index (χ1v) is 9.18. The van der Waals surface area contributed by atoms with Gasteiger partial charge in [0.25, 0.3) is 5.91 Å². The number of carbonyl (C=O) groups is 1. The van der Waals surface area contributed by atoms with Crippen molar-refractivity contribution >= 4 is 16.9 Å². The minimum absolute atomic E-state index is 0.141. The lowest BCUT2D eigenvalue weighted by atomic mass is 9.74. The Morgan fingerprint density at radius 3 is 2.74 bits per heavy atom. The van der Waals surface area contributed by atoms with Gasteiger partial charge in [-0.05, 0) is 61.7 Å². The largest absolute Gasteiger partial charge is 0.461 e. The Morgan fingerprint density at radius 1 is 1.15 bits per heavy atom. The van der Waals surface area contributed by atoms with Crippen LogP contribution >= 0.6 is 0 Å². The van der Waals surface area contributed by atoms with Gasteiger partial charge in [0.15, 0.2) is 0 Å². The number of hydrogen-bond acceptors (Lipinski definition) is 3. The Bertz CT molecular complexity index is 973. The van der Waals surface area contributed by atoms with E-state index in [9.17, 15) is 9.18 Å². The highest BCUT2D eigenvalue weighted by atomic mass is 19.1. The smallest absolute Gasteiger partial charge is 0.251 e. The average molecular weight is 367 g/mol. The summed E-state index contributed by atoms with van der Waals surface area (Å²) in [5, 5.41) is 3.96. The number of furan rings is 1. The second kappa shape index (κ2) is 7.16. The third kappa shape index (κ3) is 3.60. The molecule has 5 heteroatoms. The summed E-state index contributed by atoms with van der Waals surface area (Å²) in [7, 11) is 0. The van der Waals surface area contributed by atoms with Crippen molar-refractivity contribution in [2.24, 2.45) is 0 Å². The Balaban J connectivity index is 1.55. The molecule has 0 spiro atoms. The molecule has 3 aromatic rings. The molecule has 140 valence electrons. The van der Waals surface area contributed by atoms with Crippen LogP contribution in [0, 0.1) is 12.7 Å². The number of rotatable bonds is 4. The van der Waals surface area contributed by atoms with Crippen molar-refractivity contribution in [1.82, 2.24) is 5.32 Å². The fourth-order valence-electron chi connectivity index (χ4n) is 3.82. The van der Waals surface area contributed by atoms with E-state index in [1.165, 1.54) is 6.07 Å². The van der Waals surface area contributed by atoms with Crippen molar-refractivity contribution in [1.29, 1.82) is 0 Å². The summed E-state index contributed by atoms with van der Waals surface area (Å²) in [6.45, 7) is 3.54. The molecule has 0 radical (unpaired) electrons. The summed E-state index contributed by atoms with van der Waals surface area (Å²) < 4.78 is 24.8. The zero-order valence-electron chi connectivity index (χ0n) is 15.3. The molecule has 27 heavy (non-hydrogen) atoms. The first-order valence-electron chi connectivity index (χ1n) is 9.18. The molecule has 1 amide bonds. The van der Waals surface area contributed by atoms with Gasteiger partial charge in [-0.2, -0.15) is 0 Å². The number of fused-ring (bicyclic) bond motifs is 1. The van der Waals surface area contributed by atoms with Crippen molar-refractivity contribution in [2.75, 3.05) is 19.8 Å². The normalized spacial score (nSPS) is 16.4. The van der Waals surface area contributed by atoms with Gasteiger partial charge in [0, 0.05) is 36.1 Å². The third-order valence-electron chi connectivity index (χ3n) is 5.38. The van der Waals surface area contributed by atoms with Crippen LogP contribution in [0.3, 0.4) is 0 Å². The first kappa shape index (κ1) is 17.7. The van der Waals surface area contributed by atoms with Gasteiger partial charge in [-0.3, -0.25) is 4.79 Å². The van der Waals surface area contributed by atoms with Crippen LogP contribution in [-0.2, 0) is 10.2 Å². The molecule has 4 rings (SSSR count). The molecule has 4 nitrogen and oxygen atoms in total. The topological polar surface area (TPSA) is 51.5 Å². The van der Waals surface area contributed by atoms with E-state index >= 15 is 0 Å². The van der Waals surface area contributed by atoms with Crippen molar-refractivity contribution < 1.29 is 18.3 Å². The molecule has 1 aliphatic heterocycles. The maximum Gasteiger partial charge on any atom is 0.251 e. The fraction of sp³-hybridized carbons (Fsp3) is 0.318. The van der Waals surface area contributed by atoms with Crippen LogP contribution in [0.1, 0.15) is 34.5 Å². The Hall–Kier alpha value is -2.66. The van der Waals surface area contributed by atoms with Crippen molar-refractivity contribution in [3.05, 3.63) is 71.2 Å². The molecule has 2 aromatic carbocycles. The van der Waals surface area contributed by atoms with Crippen LogP contribution in [0.15, 0.2) is 52.9 Å². The number of hydrogen-bond donors (Lipinski definition) is 1. The standard InChI is InChI=1S/C22H22FNO3/c1-15-11-17-12-16(5-6-20(17)27-15)21(25)24-14-22(7-9-26-10-8-22)18-3-2-4-19(23)13-18/h2-6,11-13H,7-10,14H2,1H3,(H,24,25). The van der Waals surface area contributed by atoms with E-state index in [0.29, 0.717) is 25.3 Å². The number of carbonyl (C=O) groups excluding carboxylic acids is 1. The summed E-state index contributed by atoms with van der Waals surface area (Å²) in [6.07, 6.45) is 1.49. The van der Waals surface area contributed by atoms with Crippen LogP contribution < -0.4 is 5.32 Å². The predicted molar refractivity (Wildman–Crippen MR) is 101 cm³/mol. The third-order valence-corrected chi connectivity index (χ3v) is 5.38. The number of amides is 1. The molecule has 0 aliphatic carbocycles. The highest BCUT2D eigenvalue weighted by Crippen LogP contribution is 2.34. The monoisotopic (exact) mass is 367 g/mol. The van der Waals surface area contributed by atoms with E-state index in [1.807, 2.05) is 31.2 Å². The SMILES string of the molecule is Cc1cc2cc(C(=O)NCC3(c4cccc(F)c4)CCOCC3)ccc2o1. The lowest BCUT2D eigenvalue weighted by Gasteiger charge is -2.38. The quantitative estimate of drug-likeness (QED) is 0.745. The number of ether oxygens (including phenoxy) is 1. The van der Waals surface area contributed by atoms with Crippen molar-refractivity contribution in [3.8, 4) is 0 Å². The minimum atomic E-state index is -0.313. The van der Waals surface area contributed by atoms with Crippen LogP contribution in [0.25, 0.3) is 11.0 Å². The lowest BCUT2D eigenvalue weighted by molar-refractivity contribution is 0.0486. The van der Waals surface area contributed by atoms with Crippen LogP contribution in [0.5, 0.6) is 0 Å². The molecule has 0 unspecified atom stereocenters. The summed E-state index contributed by atoms with van der Waals surface area (Å²) in [5.74, 6) is 0.415. The van der Waals surface area contributed by atoms with Gasteiger partial charge < -0.3 is 14.5 Å². The molecule has 1 fully saturated rings. The highest BCUT2D eigenvalue weighted by Gasteiger charge is 2.35. The van der Waals surface area contributed by atoms with Crippen LogP contribution in [0.4, 0.5) is 4.39 Å². The molecular formula is C22H22FNO3. The van der Waals surface area contributed by atoms with E-state index in [1.54, 1.807) is 18.2 Å². The molecule has 1 N–H and O–H groups in total. The van der Waals surface area contributed by atoms with E-state index < -0.39 is 0 Å². The molecule has 1 aliphatic rings. The van der Waals surface area contributed by atoms with Gasteiger partial charge in [0.1, 0.15) is 17.2 Å².